The van der Waals surface area contributed by atoms with Crippen molar-refractivity contribution in [2.75, 3.05) is 13.1 Å². The molecule has 1 saturated heterocycles. The second kappa shape index (κ2) is 10.7. The van der Waals surface area contributed by atoms with Crippen LogP contribution in [-0.4, -0.2) is 28.1 Å². The van der Waals surface area contributed by atoms with Crippen molar-refractivity contribution >= 4 is 32.4 Å². The fraction of sp³-hybridized carbons (Fsp3) is 0.286. The third-order valence-corrected chi connectivity index (χ3v) is 8.67. The number of aromatic nitrogens is 1. The van der Waals surface area contributed by atoms with Crippen LogP contribution in [0.4, 0.5) is 0 Å². The number of aliphatic hydroxyl groups is 1. The summed E-state index contributed by atoms with van der Waals surface area (Å²) in [5, 5.41) is 17.7. The topological polar surface area (TPSA) is 36.4 Å². The zero-order chi connectivity index (χ0) is 26.1. The molecular weight excluding hydrogens is 464 g/mol. The van der Waals surface area contributed by atoms with Crippen molar-refractivity contribution in [2.45, 2.75) is 32.4 Å². The SMILES string of the molecule is C=CC1CN(Cc2c3ccccc3cc3ccccc23)CCC1CC(C)[C@@H](O)c1ccnc2ccccc12. The van der Waals surface area contributed by atoms with Crippen LogP contribution in [0.25, 0.3) is 32.4 Å². The summed E-state index contributed by atoms with van der Waals surface area (Å²) in [6, 6.07) is 29.9. The highest BCUT2D eigenvalue weighted by Crippen LogP contribution is 2.37. The molecule has 0 bridgehead atoms. The van der Waals surface area contributed by atoms with Crippen LogP contribution in [0.2, 0.25) is 0 Å². The maximum Gasteiger partial charge on any atom is 0.0822 e. The lowest BCUT2D eigenvalue weighted by Crippen LogP contribution is -2.40. The molecule has 6 rings (SSSR count). The van der Waals surface area contributed by atoms with Crippen molar-refractivity contribution in [1.29, 1.82) is 0 Å². The molecule has 0 spiro atoms. The number of nitrogens with zero attached hydrogens (tertiary/aromatic N) is 2. The maximum absolute atomic E-state index is 11.4. The van der Waals surface area contributed by atoms with Gasteiger partial charge in [0.25, 0.3) is 0 Å². The number of likely N-dealkylation sites (tertiary alicyclic amines) is 1. The summed E-state index contributed by atoms with van der Waals surface area (Å²) in [5.41, 5.74) is 3.35. The Morgan fingerprint density at radius 3 is 2.32 bits per heavy atom. The van der Waals surface area contributed by atoms with Gasteiger partial charge in [0.15, 0.2) is 0 Å². The second-order valence-electron chi connectivity index (χ2n) is 11.1. The summed E-state index contributed by atoms with van der Waals surface area (Å²) >= 11 is 0. The molecule has 38 heavy (non-hydrogen) atoms. The first-order valence-corrected chi connectivity index (χ1v) is 13.9. The number of para-hydroxylation sites is 1. The van der Waals surface area contributed by atoms with Crippen LogP contribution in [-0.2, 0) is 6.54 Å². The highest BCUT2D eigenvalue weighted by Gasteiger charge is 2.31. The smallest absolute Gasteiger partial charge is 0.0822 e. The van der Waals surface area contributed by atoms with Gasteiger partial charge in [0.1, 0.15) is 0 Å². The molecule has 3 nitrogen and oxygen atoms in total. The van der Waals surface area contributed by atoms with Crippen molar-refractivity contribution in [2.24, 2.45) is 17.8 Å². The maximum atomic E-state index is 11.4. The van der Waals surface area contributed by atoms with Crippen LogP contribution in [0.15, 0.2) is 104 Å². The average Bonchev–Trinajstić information content (AvgIpc) is 2.97. The molecule has 1 fully saturated rings. The molecule has 1 N–H and O–H groups in total. The highest BCUT2D eigenvalue weighted by molar-refractivity contribution is 6.02. The van der Waals surface area contributed by atoms with E-state index in [1.807, 2.05) is 30.5 Å². The molecule has 0 radical (unpaired) electrons. The van der Waals surface area contributed by atoms with Gasteiger partial charge in [0, 0.05) is 24.7 Å². The van der Waals surface area contributed by atoms with Gasteiger partial charge < -0.3 is 5.11 Å². The summed E-state index contributed by atoms with van der Waals surface area (Å²) in [5.74, 6) is 1.08. The largest absolute Gasteiger partial charge is 0.388 e. The van der Waals surface area contributed by atoms with E-state index in [1.165, 1.54) is 27.1 Å². The van der Waals surface area contributed by atoms with Gasteiger partial charge in [0.2, 0.25) is 0 Å². The van der Waals surface area contributed by atoms with Crippen LogP contribution in [0.3, 0.4) is 0 Å². The van der Waals surface area contributed by atoms with Crippen LogP contribution in [0.1, 0.15) is 37.0 Å². The van der Waals surface area contributed by atoms with Gasteiger partial charge in [-0.25, -0.2) is 0 Å². The Hall–Kier alpha value is -3.53. The lowest BCUT2D eigenvalue weighted by atomic mass is 9.77. The Bertz CT molecular complexity index is 1530. The van der Waals surface area contributed by atoms with Gasteiger partial charge in [-0.05, 0) is 88.0 Å². The Labute approximate surface area is 225 Å². The quantitative estimate of drug-likeness (QED) is 0.182. The second-order valence-corrected chi connectivity index (χ2v) is 11.1. The fourth-order valence-corrected chi connectivity index (χ4v) is 6.60. The molecule has 1 aromatic heterocycles. The molecule has 0 aliphatic carbocycles. The molecule has 5 aromatic rings. The fourth-order valence-electron chi connectivity index (χ4n) is 6.60. The minimum absolute atomic E-state index is 0.154. The lowest BCUT2D eigenvalue weighted by Gasteiger charge is -2.39. The number of aliphatic hydroxyl groups excluding tert-OH is 1. The minimum Gasteiger partial charge on any atom is -0.388 e. The standard InChI is InChI=1S/C35H36N2O/c1-3-25-22-37(23-33-29-12-6-4-10-27(29)21-28-11-5-7-13-30(28)33)19-17-26(25)20-24(2)35(38)32-16-18-36-34-15-9-8-14-31(32)34/h3-16,18,21,24-26,35,38H,1,17,19-20,22-23H2,2H3/t24?,25?,26?,35-/m1/s1. The van der Waals surface area contributed by atoms with Crippen molar-refractivity contribution in [1.82, 2.24) is 9.88 Å². The first-order chi connectivity index (χ1) is 18.6. The predicted molar refractivity (Wildman–Crippen MR) is 159 cm³/mol. The molecular formula is C35H36N2O. The van der Waals surface area contributed by atoms with Gasteiger partial charge in [-0.2, -0.15) is 0 Å². The van der Waals surface area contributed by atoms with Crippen LogP contribution in [0, 0.1) is 17.8 Å². The Kier molecular flexibility index (Phi) is 6.97. The molecule has 2 heterocycles. The highest BCUT2D eigenvalue weighted by atomic mass is 16.3. The van der Waals surface area contributed by atoms with Crippen molar-refractivity contribution in [3.8, 4) is 0 Å². The van der Waals surface area contributed by atoms with E-state index in [1.54, 1.807) is 0 Å². The molecule has 0 saturated carbocycles. The minimum atomic E-state index is -0.506. The van der Waals surface area contributed by atoms with E-state index >= 15 is 0 Å². The van der Waals surface area contributed by atoms with Crippen LogP contribution < -0.4 is 0 Å². The van der Waals surface area contributed by atoms with E-state index in [0.717, 1.165) is 48.9 Å². The first-order valence-electron chi connectivity index (χ1n) is 13.9. The number of benzene rings is 4. The summed E-state index contributed by atoms with van der Waals surface area (Å²) < 4.78 is 0. The molecule has 192 valence electrons. The lowest BCUT2D eigenvalue weighted by molar-refractivity contribution is 0.0724. The van der Waals surface area contributed by atoms with Gasteiger partial charge >= 0.3 is 0 Å². The third kappa shape index (κ3) is 4.73. The number of pyridine rings is 1. The van der Waals surface area contributed by atoms with Gasteiger partial charge in [-0.3, -0.25) is 9.88 Å². The van der Waals surface area contributed by atoms with E-state index in [2.05, 4.69) is 90.1 Å². The summed E-state index contributed by atoms with van der Waals surface area (Å²) in [4.78, 5) is 7.08. The molecule has 1 aliphatic heterocycles. The van der Waals surface area contributed by atoms with Gasteiger partial charge in [-0.15, -0.1) is 6.58 Å². The van der Waals surface area contributed by atoms with Crippen molar-refractivity contribution in [3.63, 3.8) is 0 Å². The average molecular weight is 501 g/mol. The van der Waals surface area contributed by atoms with Crippen LogP contribution >= 0.6 is 0 Å². The molecule has 3 heteroatoms. The van der Waals surface area contributed by atoms with E-state index in [9.17, 15) is 5.11 Å². The number of rotatable bonds is 7. The number of piperidine rings is 1. The van der Waals surface area contributed by atoms with E-state index < -0.39 is 6.10 Å². The zero-order valence-electron chi connectivity index (χ0n) is 22.1. The van der Waals surface area contributed by atoms with Gasteiger partial charge in [0.05, 0.1) is 11.6 Å². The summed E-state index contributed by atoms with van der Waals surface area (Å²) in [6.45, 7) is 9.43. The third-order valence-electron chi connectivity index (χ3n) is 8.67. The normalized spacial score (nSPS) is 20.1. The molecule has 3 unspecified atom stereocenters. The Morgan fingerprint density at radius 1 is 0.947 bits per heavy atom. The molecule has 0 amide bonds. The molecule has 1 aliphatic rings. The van der Waals surface area contributed by atoms with E-state index in [4.69, 9.17) is 0 Å². The number of hydrogen-bond donors (Lipinski definition) is 1. The Morgan fingerprint density at radius 2 is 1.61 bits per heavy atom. The monoisotopic (exact) mass is 500 g/mol. The first kappa shape index (κ1) is 24.8. The molecule has 4 atom stereocenters. The Balaban J connectivity index is 1.19. The van der Waals surface area contributed by atoms with Crippen molar-refractivity contribution < 1.29 is 5.11 Å². The number of fused-ring (bicyclic) bond motifs is 3. The number of hydrogen-bond acceptors (Lipinski definition) is 3. The summed E-state index contributed by atoms with van der Waals surface area (Å²) in [6.07, 6.45) is 5.57. The summed E-state index contributed by atoms with van der Waals surface area (Å²) in [7, 11) is 0. The van der Waals surface area contributed by atoms with Crippen LogP contribution in [0.5, 0.6) is 0 Å². The van der Waals surface area contributed by atoms with E-state index in [-0.39, 0.29) is 5.92 Å². The predicted octanol–water partition coefficient (Wildman–Crippen LogP) is 7.93. The van der Waals surface area contributed by atoms with Gasteiger partial charge in [-0.1, -0.05) is 79.7 Å². The molecule has 4 aromatic carbocycles. The van der Waals surface area contributed by atoms with E-state index in [0.29, 0.717) is 11.8 Å². The zero-order valence-corrected chi connectivity index (χ0v) is 22.1. The van der Waals surface area contributed by atoms with Crippen molar-refractivity contribution in [3.05, 3.63) is 115 Å².